The molecular weight excluding hydrogens is 404 g/mol. The molecule has 8 heteroatoms. The van der Waals surface area contributed by atoms with E-state index < -0.39 is 0 Å². The van der Waals surface area contributed by atoms with E-state index in [0.717, 1.165) is 29.9 Å². The molecule has 0 saturated carbocycles. The lowest BCUT2D eigenvalue weighted by molar-refractivity contribution is -0.129. The van der Waals surface area contributed by atoms with Crippen LogP contribution in [0.25, 0.3) is 10.2 Å². The normalized spacial score (nSPS) is 16.7. The summed E-state index contributed by atoms with van der Waals surface area (Å²) in [5.41, 5.74) is 1.80. The minimum absolute atomic E-state index is 0.0204. The number of nitriles is 1. The predicted molar refractivity (Wildman–Crippen MR) is 115 cm³/mol. The van der Waals surface area contributed by atoms with Crippen LogP contribution in [0.15, 0.2) is 40.2 Å². The molecule has 1 atom stereocenters. The van der Waals surface area contributed by atoms with Gasteiger partial charge in [-0.3, -0.25) is 9.59 Å². The first kappa shape index (κ1) is 19.7. The number of hydrogen-bond donors (Lipinski definition) is 1. The van der Waals surface area contributed by atoms with Gasteiger partial charge in [-0.1, -0.05) is 23.9 Å². The number of H-pyrrole nitrogens is 1. The van der Waals surface area contributed by atoms with Crippen molar-refractivity contribution in [2.75, 3.05) is 18.8 Å². The molecule has 1 aliphatic rings. The van der Waals surface area contributed by atoms with Gasteiger partial charge in [-0.05, 0) is 37.5 Å². The number of benzene rings is 1. The minimum atomic E-state index is -0.259. The summed E-state index contributed by atoms with van der Waals surface area (Å²) in [5, 5.41) is 10.9. The second kappa shape index (κ2) is 8.39. The molecule has 2 aromatic heterocycles. The molecule has 1 aliphatic heterocycles. The van der Waals surface area contributed by atoms with E-state index in [2.05, 4.69) is 17.1 Å². The molecule has 148 valence electrons. The van der Waals surface area contributed by atoms with Gasteiger partial charge in [0, 0.05) is 25.1 Å². The summed E-state index contributed by atoms with van der Waals surface area (Å²) < 4.78 is 1.17. The number of amides is 1. The number of likely N-dealkylation sites (tertiary alicyclic amines) is 1. The van der Waals surface area contributed by atoms with Gasteiger partial charge in [0.15, 0.2) is 0 Å². The molecule has 1 aromatic carbocycles. The van der Waals surface area contributed by atoms with E-state index in [1.54, 1.807) is 18.3 Å². The van der Waals surface area contributed by atoms with Crippen molar-refractivity contribution in [2.24, 2.45) is 0 Å². The van der Waals surface area contributed by atoms with Crippen molar-refractivity contribution < 1.29 is 4.79 Å². The standard InChI is InChI=1S/C21H20N4O2S2/c1-13-9-18(26)24-21(15(13)10-22)28-12-19(27)25-8-4-5-14(11-25)20-23-16-6-2-3-7-17(16)29-20/h2-3,6-7,9,14H,4-5,8,11-12H2,1H3,(H,24,26)/t14-/m0/s1. The number of carbonyl (C=O) groups is 1. The van der Waals surface area contributed by atoms with Crippen LogP contribution < -0.4 is 5.56 Å². The molecule has 3 aromatic rings. The maximum Gasteiger partial charge on any atom is 0.249 e. The molecule has 1 amide bonds. The van der Waals surface area contributed by atoms with Crippen LogP contribution in [-0.2, 0) is 4.79 Å². The van der Waals surface area contributed by atoms with Crippen LogP contribution in [-0.4, -0.2) is 39.6 Å². The van der Waals surface area contributed by atoms with E-state index in [1.807, 2.05) is 23.1 Å². The summed E-state index contributed by atoms with van der Waals surface area (Å²) in [6.45, 7) is 3.12. The fraction of sp³-hybridized carbons (Fsp3) is 0.333. The lowest BCUT2D eigenvalue weighted by Gasteiger charge is -2.31. The number of para-hydroxylation sites is 1. The Morgan fingerprint density at radius 3 is 3.07 bits per heavy atom. The molecule has 0 radical (unpaired) electrons. The van der Waals surface area contributed by atoms with Gasteiger partial charge in [-0.2, -0.15) is 5.26 Å². The molecule has 0 spiro atoms. The smallest absolute Gasteiger partial charge is 0.249 e. The van der Waals surface area contributed by atoms with Crippen LogP contribution in [0.3, 0.4) is 0 Å². The second-order valence-corrected chi connectivity index (χ2v) is 9.17. The summed E-state index contributed by atoms with van der Waals surface area (Å²) in [4.78, 5) is 33.9. The molecule has 1 saturated heterocycles. The van der Waals surface area contributed by atoms with Gasteiger partial charge >= 0.3 is 0 Å². The zero-order valence-corrected chi connectivity index (χ0v) is 17.6. The molecule has 4 rings (SSSR count). The highest BCUT2D eigenvalue weighted by molar-refractivity contribution is 8.00. The Kier molecular flexibility index (Phi) is 5.69. The molecule has 1 fully saturated rings. The third-order valence-corrected chi connectivity index (χ3v) is 7.28. The van der Waals surface area contributed by atoms with E-state index in [4.69, 9.17) is 4.98 Å². The first-order valence-corrected chi connectivity index (χ1v) is 11.3. The fourth-order valence-electron chi connectivity index (χ4n) is 3.60. The summed E-state index contributed by atoms with van der Waals surface area (Å²) in [6.07, 6.45) is 1.97. The summed E-state index contributed by atoms with van der Waals surface area (Å²) >= 11 is 2.93. The Labute approximate surface area is 176 Å². The van der Waals surface area contributed by atoms with E-state index >= 15 is 0 Å². The Morgan fingerprint density at radius 2 is 2.28 bits per heavy atom. The number of pyridine rings is 1. The van der Waals surface area contributed by atoms with Gasteiger partial charge in [0.1, 0.15) is 6.07 Å². The van der Waals surface area contributed by atoms with Crippen molar-refractivity contribution in [2.45, 2.75) is 30.7 Å². The van der Waals surface area contributed by atoms with Gasteiger partial charge in [0.25, 0.3) is 0 Å². The highest BCUT2D eigenvalue weighted by Crippen LogP contribution is 2.33. The van der Waals surface area contributed by atoms with Crippen molar-refractivity contribution in [3.8, 4) is 6.07 Å². The Hall–Kier alpha value is -2.63. The molecule has 0 aliphatic carbocycles. The molecular formula is C21H20N4O2S2. The van der Waals surface area contributed by atoms with Crippen LogP contribution in [0.4, 0.5) is 0 Å². The molecule has 1 N–H and O–H groups in total. The number of thiazole rings is 1. The zero-order valence-electron chi connectivity index (χ0n) is 16.0. The van der Waals surface area contributed by atoms with Gasteiger partial charge in [0.2, 0.25) is 11.5 Å². The van der Waals surface area contributed by atoms with Gasteiger partial charge in [0.05, 0.1) is 31.6 Å². The lowest BCUT2D eigenvalue weighted by atomic mass is 9.99. The third-order valence-electron chi connectivity index (χ3n) is 5.09. The maximum atomic E-state index is 12.8. The molecule has 0 unspecified atom stereocenters. The van der Waals surface area contributed by atoms with E-state index in [-0.39, 0.29) is 23.1 Å². The number of aryl methyl sites for hydroxylation is 1. The maximum absolute atomic E-state index is 12.8. The lowest BCUT2D eigenvalue weighted by Crippen LogP contribution is -2.40. The van der Waals surface area contributed by atoms with E-state index in [9.17, 15) is 14.9 Å². The first-order chi connectivity index (χ1) is 14.0. The van der Waals surface area contributed by atoms with Crippen LogP contribution in [0.2, 0.25) is 0 Å². The van der Waals surface area contributed by atoms with Crippen LogP contribution >= 0.6 is 23.1 Å². The third kappa shape index (κ3) is 4.21. The van der Waals surface area contributed by atoms with E-state index in [0.29, 0.717) is 22.7 Å². The monoisotopic (exact) mass is 424 g/mol. The van der Waals surface area contributed by atoms with Crippen molar-refractivity contribution in [1.82, 2.24) is 14.9 Å². The number of aromatic amines is 1. The molecule has 0 bridgehead atoms. The number of rotatable bonds is 4. The number of hydrogen-bond acceptors (Lipinski definition) is 6. The van der Waals surface area contributed by atoms with Crippen LogP contribution in [0.1, 0.15) is 34.9 Å². The van der Waals surface area contributed by atoms with E-state index in [1.165, 1.54) is 22.5 Å². The number of carbonyl (C=O) groups excluding carboxylic acids is 1. The number of nitrogens with zero attached hydrogens (tertiary/aromatic N) is 3. The van der Waals surface area contributed by atoms with Gasteiger partial charge < -0.3 is 9.88 Å². The van der Waals surface area contributed by atoms with Crippen LogP contribution in [0.5, 0.6) is 0 Å². The van der Waals surface area contributed by atoms with Crippen molar-refractivity contribution in [1.29, 1.82) is 5.26 Å². The number of thioether (sulfide) groups is 1. The Bertz CT molecular complexity index is 1130. The molecule has 3 heterocycles. The first-order valence-electron chi connectivity index (χ1n) is 9.45. The molecule has 6 nitrogen and oxygen atoms in total. The van der Waals surface area contributed by atoms with Crippen LogP contribution in [0, 0.1) is 18.3 Å². The number of piperidine rings is 1. The van der Waals surface area contributed by atoms with Crippen molar-refractivity contribution in [3.05, 3.63) is 56.8 Å². The van der Waals surface area contributed by atoms with Crippen molar-refractivity contribution in [3.63, 3.8) is 0 Å². The minimum Gasteiger partial charge on any atom is -0.341 e. The van der Waals surface area contributed by atoms with Crippen molar-refractivity contribution >= 4 is 39.2 Å². The fourth-order valence-corrected chi connectivity index (χ4v) is 5.67. The van der Waals surface area contributed by atoms with Gasteiger partial charge in [-0.15, -0.1) is 11.3 Å². The predicted octanol–water partition coefficient (Wildman–Crippen LogP) is 3.66. The van der Waals surface area contributed by atoms with Gasteiger partial charge in [-0.25, -0.2) is 4.98 Å². The zero-order chi connectivity index (χ0) is 20.4. The highest BCUT2D eigenvalue weighted by atomic mass is 32.2. The number of fused-ring (bicyclic) bond motifs is 1. The second-order valence-electron chi connectivity index (χ2n) is 7.12. The Balaban J connectivity index is 1.44. The quantitative estimate of drug-likeness (QED) is 0.646. The largest absolute Gasteiger partial charge is 0.341 e. The topological polar surface area (TPSA) is 89.8 Å². The summed E-state index contributed by atoms with van der Waals surface area (Å²) in [6, 6.07) is 11.6. The average Bonchev–Trinajstić information content (AvgIpc) is 3.16. The highest BCUT2D eigenvalue weighted by Gasteiger charge is 2.27. The summed E-state index contributed by atoms with van der Waals surface area (Å²) in [7, 11) is 0. The number of aromatic nitrogens is 2. The number of nitrogens with one attached hydrogen (secondary N) is 1. The SMILES string of the molecule is Cc1cc(=O)[nH]c(SCC(=O)N2CCC[C@H](c3nc4ccccc4s3)C2)c1C#N. The molecule has 29 heavy (non-hydrogen) atoms. The Morgan fingerprint density at radius 1 is 1.45 bits per heavy atom. The average molecular weight is 425 g/mol. The summed E-state index contributed by atoms with van der Waals surface area (Å²) in [5.74, 6) is 0.469.